The van der Waals surface area contributed by atoms with Gasteiger partial charge < -0.3 is 5.73 Å². The van der Waals surface area contributed by atoms with E-state index in [1.165, 1.54) is 29.0 Å². The van der Waals surface area contributed by atoms with E-state index in [9.17, 15) is 0 Å². The van der Waals surface area contributed by atoms with Gasteiger partial charge in [-0.05, 0) is 43.9 Å². The van der Waals surface area contributed by atoms with Crippen molar-refractivity contribution < 1.29 is 0 Å². The number of thiazole rings is 1. The Labute approximate surface area is 113 Å². The first-order valence-corrected chi connectivity index (χ1v) is 7.69. The Morgan fingerprint density at radius 1 is 1.22 bits per heavy atom. The molecule has 1 aromatic carbocycles. The van der Waals surface area contributed by atoms with E-state index in [0.29, 0.717) is 0 Å². The minimum atomic E-state index is 0.770. The maximum Gasteiger partial charge on any atom is 0.0938 e. The van der Waals surface area contributed by atoms with Crippen LogP contribution in [0, 0.1) is 5.92 Å². The van der Waals surface area contributed by atoms with Gasteiger partial charge >= 0.3 is 0 Å². The fourth-order valence-corrected chi connectivity index (χ4v) is 3.41. The predicted octanol–water partition coefficient (Wildman–Crippen LogP) is 3.99. The third kappa shape index (κ3) is 3.53. The highest BCUT2D eigenvalue weighted by atomic mass is 32.1. The largest absolute Gasteiger partial charge is 0.330 e. The van der Waals surface area contributed by atoms with Gasteiger partial charge in [0.05, 0.1) is 15.2 Å². The van der Waals surface area contributed by atoms with Crippen LogP contribution in [0.15, 0.2) is 24.3 Å². The van der Waals surface area contributed by atoms with Gasteiger partial charge in [-0.15, -0.1) is 11.3 Å². The fraction of sp³-hybridized carbons (Fsp3) is 0.533. The second kappa shape index (κ2) is 6.86. The highest BCUT2D eigenvalue weighted by Gasteiger charge is 2.09. The third-order valence-corrected chi connectivity index (χ3v) is 4.47. The van der Waals surface area contributed by atoms with E-state index < -0.39 is 0 Å². The van der Waals surface area contributed by atoms with Crippen LogP contribution in [-0.2, 0) is 6.42 Å². The van der Waals surface area contributed by atoms with Gasteiger partial charge in [0.2, 0.25) is 0 Å². The summed E-state index contributed by atoms with van der Waals surface area (Å²) >= 11 is 1.83. The Hall–Kier alpha value is -0.930. The molecule has 1 aromatic heterocycles. The normalized spacial score (nSPS) is 13.0. The average Bonchev–Trinajstić information content (AvgIpc) is 2.79. The first kappa shape index (κ1) is 13.5. The molecule has 0 saturated carbocycles. The minimum Gasteiger partial charge on any atom is -0.330 e. The van der Waals surface area contributed by atoms with E-state index in [1.54, 1.807) is 0 Å². The van der Waals surface area contributed by atoms with Crippen molar-refractivity contribution in [3.8, 4) is 0 Å². The fourth-order valence-electron chi connectivity index (χ4n) is 2.43. The molecule has 0 aliphatic rings. The zero-order chi connectivity index (χ0) is 12.8. The highest BCUT2D eigenvalue weighted by molar-refractivity contribution is 7.18. The first-order chi connectivity index (χ1) is 8.83. The molecule has 1 heterocycles. The second-order valence-electron chi connectivity index (χ2n) is 4.85. The number of aromatic nitrogens is 1. The molecular weight excluding hydrogens is 240 g/mol. The van der Waals surface area contributed by atoms with E-state index in [1.807, 2.05) is 11.3 Å². The summed E-state index contributed by atoms with van der Waals surface area (Å²) in [5, 5.41) is 1.27. The van der Waals surface area contributed by atoms with Crippen LogP contribution >= 0.6 is 11.3 Å². The summed E-state index contributed by atoms with van der Waals surface area (Å²) in [7, 11) is 0. The van der Waals surface area contributed by atoms with Crippen LogP contribution in [0.1, 0.15) is 37.6 Å². The molecule has 0 aliphatic heterocycles. The molecule has 0 fully saturated rings. The van der Waals surface area contributed by atoms with E-state index in [-0.39, 0.29) is 0 Å². The molecule has 2 N–H and O–H groups in total. The van der Waals surface area contributed by atoms with Gasteiger partial charge in [0.25, 0.3) is 0 Å². The Morgan fingerprint density at radius 3 is 2.78 bits per heavy atom. The Kier molecular flexibility index (Phi) is 5.14. The lowest BCUT2D eigenvalue weighted by Crippen LogP contribution is -2.09. The van der Waals surface area contributed by atoms with Gasteiger partial charge in [-0.1, -0.05) is 31.9 Å². The van der Waals surface area contributed by atoms with Crippen molar-refractivity contribution in [1.29, 1.82) is 0 Å². The number of para-hydroxylation sites is 1. The zero-order valence-electron chi connectivity index (χ0n) is 11.1. The number of nitrogens with two attached hydrogens (primary N) is 1. The van der Waals surface area contributed by atoms with Gasteiger partial charge in [-0.2, -0.15) is 0 Å². The van der Waals surface area contributed by atoms with Crippen molar-refractivity contribution in [2.45, 2.75) is 39.0 Å². The summed E-state index contributed by atoms with van der Waals surface area (Å²) in [5.74, 6) is 0.770. The van der Waals surface area contributed by atoms with Crippen molar-refractivity contribution in [1.82, 2.24) is 4.98 Å². The predicted molar refractivity (Wildman–Crippen MR) is 80.0 cm³/mol. The Bertz CT molecular complexity index is 439. The maximum absolute atomic E-state index is 5.68. The van der Waals surface area contributed by atoms with E-state index in [0.717, 1.165) is 30.8 Å². The highest BCUT2D eigenvalue weighted by Crippen LogP contribution is 2.25. The lowest BCUT2D eigenvalue weighted by atomic mass is 9.95. The monoisotopic (exact) mass is 262 g/mol. The summed E-state index contributed by atoms with van der Waals surface area (Å²) in [6.07, 6.45) is 6.03. The van der Waals surface area contributed by atoms with Crippen molar-refractivity contribution in [3.63, 3.8) is 0 Å². The van der Waals surface area contributed by atoms with Crippen LogP contribution in [0.2, 0.25) is 0 Å². The van der Waals surface area contributed by atoms with Crippen LogP contribution in [0.4, 0.5) is 0 Å². The van der Waals surface area contributed by atoms with E-state index in [2.05, 4.69) is 31.2 Å². The summed E-state index contributed by atoms with van der Waals surface area (Å²) in [5.41, 5.74) is 6.82. The zero-order valence-corrected chi connectivity index (χ0v) is 11.9. The topological polar surface area (TPSA) is 38.9 Å². The molecule has 0 aliphatic carbocycles. The van der Waals surface area contributed by atoms with E-state index in [4.69, 9.17) is 10.7 Å². The number of fused-ring (bicyclic) bond motifs is 1. The average molecular weight is 262 g/mol. The first-order valence-electron chi connectivity index (χ1n) is 6.88. The molecule has 0 amide bonds. The molecule has 2 rings (SSSR count). The van der Waals surface area contributed by atoms with Crippen molar-refractivity contribution in [3.05, 3.63) is 29.3 Å². The van der Waals surface area contributed by atoms with Crippen molar-refractivity contribution in [2.75, 3.05) is 6.54 Å². The van der Waals surface area contributed by atoms with Crippen molar-refractivity contribution in [2.24, 2.45) is 11.7 Å². The van der Waals surface area contributed by atoms with Gasteiger partial charge in [0.1, 0.15) is 0 Å². The SMILES string of the molecule is CCCC(CCN)CCc1nc2ccccc2s1. The number of benzene rings is 1. The van der Waals surface area contributed by atoms with Gasteiger partial charge in [-0.3, -0.25) is 0 Å². The van der Waals surface area contributed by atoms with E-state index >= 15 is 0 Å². The van der Waals surface area contributed by atoms with Crippen LogP contribution < -0.4 is 5.73 Å². The molecule has 1 unspecified atom stereocenters. The summed E-state index contributed by atoms with van der Waals surface area (Å²) in [4.78, 5) is 4.69. The third-order valence-electron chi connectivity index (χ3n) is 3.38. The van der Waals surface area contributed by atoms with Gasteiger partial charge in [0.15, 0.2) is 0 Å². The molecule has 3 heteroatoms. The lowest BCUT2D eigenvalue weighted by molar-refractivity contribution is 0.421. The number of hydrogen-bond donors (Lipinski definition) is 1. The number of aryl methyl sites for hydroxylation is 1. The summed E-state index contributed by atoms with van der Waals surface area (Å²) in [6.45, 7) is 3.06. The molecule has 18 heavy (non-hydrogen) atoms. The molecule has 0 radical (unpaired) electrons. The molecule has 0 spiro atoms. The molecule has 2 nitrogen and oxygen atoms in total. The maximum atomic E-state index is 5.68. The molecule has 0 bridgehead atoms. The Morgan fingerprint density at radius 2 is 2.06 bits per heavy atom. The van der Waals surface area contributed by atoms with Crippen LogP contribution in [-0.4, -0.2) is 11.5 Å². The molecule has 1 atom stereocenters. The number of nitrogens with zero attached hydrogens (tertiary/aromatic N) is 1. The van der Waals surface area contributed by atoms with Gasteiger partial charge in [0, 0.05) is 0 Å². The standard InChI is InChI=1S/C15H22N2S/c1-2-5-12(10-11-16)8-9-15-17-13-6-3-4-7-14(13)18-15/h3-4,6-7,12H,2,5,8-11,16H2,1H3. The summed E-state index contributed by atoms with van der Waals surface area (Å²) < 4.78 is 1.30. The Balaban J connectivity index is 1.95. The van der Waals surface area contributed by atoms with Crippen LogP contribution in [0.5, 0.6) is 0 Å². The summed E-state index contributed by atoms with van der Waals surface area (Å²) in [6, 6.07) is 8.39. The van der Waals surface area contributed by atoms with Crippen LogP contribution in [0.3, 0.4) is 0 Å². The number of rotatable bonds is 7. The van der Waals surface area contributed by atoms with Crippen LogP contribution in [0.25, 0.3) is 10.2 Å². The molecule has 2 aromatic rings. The minimum absolute atomic E-state index is 0.770. The van der Waals surface area contributed by atoms with Crippen molar-refractivity contribution >= 4 is 21.6 Å². The molecular formula is C15H22N2S. The number of hydrogen-bond acceptors (Lipinski definition) is 3. The lowest BCUT2D eigenvalue weighted by Gasteiger charge is -2.13. The quantitative estimate of drug-likeness (QED) is 0.819. The van der Waals surface area contributed by atoms with Gasteiger partial charge in [-0.25, -0.2) is 4.98 Å². The smallest absolute Gasteiger partial charge is 0.0938 e. The molecule has 98 valence electrons. The second-order valence-corrected chi connectivity index (χ2v) is 5.96. The molecule has 0 saturated heterocycles.